The Morgan fingerprint density at radius 1 is 1.50 bits per heavy atom. The smallest absolute Gasteiger partial charge is 0.0899 e. The van der Waals surface area contributed by atoms with Gasteiger partial charge in [0.25, 0.3) is 0 Å². The SMILES string of the molecule is CC(N)Cc1cccc(C2(O)CC2)c1. The van der Waals surface area contributed by atoms with E-state index in [1.165, 1.54) is 5.56 Å². The van der Waals surface area contributed by atoms with Crippen LogP contribution in [0.1, 0.15) is 30.9 Å². The molecule has 3 N–H and O–H groups in total. The van der Waals surface area contributed by atoms with E-state index < -0.39 is 5.60 Å². The number of rotatable bonds is 3. The lowest BCUT2D eigenvalue weighted by atomic mass is 10.0. The molecule has 76 valence electrons. The van der Waals surface area contributed by atoms with Gasteiger partial charge in [-0.3, -0.25) is 0 Å². The Balaban J connectivity index is 2.19. The molecule has 1 unspecified atom stereocenters. The maximum Gasteiger partial charge on any atom is 0.0899 e. The zero-order valence-corrected chi connectivity index (χ0v) is 8.53. The molecular weight excluding hydrogens is 174 g/mol. The van der Waals surface area contributed by atoms with Crippen molar-refractivity contribution in [3.8, 4) is 0 Å². The maximum atomic E-state index is 9.93. The summed E-state index contributed by atoms with van der Waals surface area (Å²) in [6.07, 6.45) is 2.67. The van der Waals surface area contributed by atoms with E-state index in [1.807, 2.05) is 19.1 Å². The van der Waals surface area contributed by atoms with Gasteiger partial charge in [0.15, 0.2) is 0 Å². The summed E-state index contributed by atoms with van der Waals surface area (Å²) in [6, 6.07) is 8.33. The number of hydrogen-bond donors (Lipinski definition) is 2. The summed E-state index contributed by atoms with van der Waals surface area (Å²) in [4.78, 5) is 0. The molecule has 2 nitrogen and oxygen atoms in total. The lowest BCUT2D eigenvalue weighted by Crippen LogP contribution is -2.18. The highest BCUT2D eigenvalue weighted by Crippen LogP contribution is 2.45. The molecule has 1 aliphatic rings. The third kappa shape index (κ3) is 1.97. The predicted molar refractivity (Wildman–Crippen MR) is 56.9 cm³/mol. The van der Waals surface area contributed by atoms with Crippen molar-refractivity contribution in [2.45, 2.75) is 37.8 Å². The molecule has 1 atom stereocenters. The van der Waals surface area contributed by atoms with Gasteiger partial charge >= 0.3 is 0 Å². The molecule has 1 aromatic carbocycles. The van der Waals surface area contributed by atoms with Crippen molar-refractivity contribution in [3.05, 3.63) is 35.4 Å². The van der Waals surface area contributed by atoms with Gasteiger partial charge in [-0.05, 0) is 37.3 Å². The van der Waals surface area contributed by atoms with Crippen LogP contribution in [-0.2, 0) is 12.0 Å². The third-order valence-corrected chi connectivity index (χ3v) is 2.75. The quantitative estimate of drug-likeness (QED) is 0.761. The summed E-state index contributed by atoms with van der Waals surface area (Å²) in [7, 11) is 0. The molecule has 0 heterocycles. The summed E-state index contributed by atoms with van der Waals surface area (Å²) < 4.78 is 0. The summed E-state index contributed by atoms with van der Waals surface area (Å²) in [5.74, 6) is 0. The lowest BCUT2D eigenvalue weighted by molar-refractivity contribution is 0.151. The lowest BCUT2D eigenvalue weighted by Gasteiger charge is -2.11. The Morgan fingerprint density at radius 2 is 2.21 bits per heavy atom. The summed E-state index contributed by atoms with van der Waals surface area (Å²) >= 11 is 0. The Labute approximate surface area is 84.7 Å². The molecule has 1 aliphatic carbocycles. The highest BCUT2D eigenvalue weighted by Gasteiger charge is 2.41. The van der Waals surface area contributed by atoms with Crippen LogP contribution in [0.5, 0.6) is 0 Å². The van der Waals surface area contributed by atoms with Crippen molar-refractivity contribution in [2.24, 2.45) is 5.73 Å². The first kappa shape index (κ1) is 9.69. The van der Waals surface area contributed by atoms with Crippen LogP contribution in [0.2, 0.25) is 0 Å². The highest BCUT2D eigenvalue weighted by molar-refractivity contribution is 5.32. The van der Waals surface area contributed by atoms with Crippen molar-refractivity contribution >= 4 is 0 Å². The first-order valence-electron chi connectivity index (χ1n) is 5.17. The second kappa shape index (κ2) is 3.37. The zero-order chi connectivity index (χ0) is 10.2. The van der Waals surface area contributed by atoms with Crippen LogP contribution in [-0.4, -0.2) is 11.1 Å². The van der Waals surface area contributed by atoms with Gasteiger partial charge < -0.3 is 10.8 Å². The number of nitrogens with two attached hydrogens (primary N) is 1. The topological polar surface area (TPSA) is 46.2 Å². The minimum absolute atomic E-state index is 0.180. The molecule has 1 fully saturated rings. The van der Waals surface area contributed by atoms with Gasteiger partial charge in [-0.2, -0.15) is 0 Å². The van der Waals surface area contributed by atoms with Crippen LogP contribution in [0.15, 0.2) is 24.3 Å². The molecule has 0 saturated heterocycles. The molecule has 1 saturated carbocycles. The average Bonchev–Trinajstić information content (AvgIpc) is 2.84. The Hall–Kier alpha value is -0.860. The minimum Gasteiger partial charge on any atom is -0.385 e. The fourth-order valence-corrected chi connectivity index (χ4v) is 1.77. The molecule has 0 bridgehead atoms. The summed E-state index contributed by atoms with van der Waals surface area (Å²) in [6.45, 7) is 2.00. The van der Waals surface area contributed by atoms with Crippen LogP contribution >= 0.6 is 0 Å². The monoisotopic (exact) mass is 191 g/mol. The maximum absolute atomic E-state index is 9.93. The van der Waals surface area contributed by atoms with Crippen LogP contribution in [0.4, 0.5) is 0 Å². The molecule has 0 amide bonds. The number of hydrogen-bond acceptors (Lipinski definition) is 2. The van der Waals surface area contributed by atoms with Crippen LogP contribution in [0.25, 0.3) is 0 Å². The van der Waals surface area contributed by atoms with Gasteiger partial charge in [-0.25, -0.2) is 0 Å². The first-order valence-corrected chi connectivity index (χ1v) is 5.17. The van der Waals surface area contributed by atoms with Crippen LogP contribution < -0.4 is 5.73 Å². The van der Waals surface area contributed by atoms with Crippen molar-refractivity contribution in [1.82, 2.24) is 0 Å². The third-order valence-electron chi connectivity index (χ3n) is 2.75. The second-order valence-corrected chi connectivity index (χ2v) is 4.41. The molecule has 14 heavy (non-hydrogen) atoms. The first-order chi connectivity index (χ1) is 6.60. The molecule has 0 aromatic heterocycles. The van der Waals surface area contributed by atoms with E-state index in [2.05, 4.69) is 12.1 Å². The van der Waals surface area contributed by atoms with Crippen LogP contribution in [0.3, 0.4) is 0 Å². The molecule has 1 aromatic rings. The number of aliphatic hydroxyl groups is 1. The predicted octanol–water partition coefficient (Wildman–Crippen LogP) is 1.56. The van der Waals surface area contributed by atoms with Gasteiger partial charge in [0.1, 0.15) is 0 Å². The fraction of sp³-hybridized carbons (Fsp3) is 0.500. The molecule has 0 radical (unpaired) electrons. The standard InChI is InChI=1S/C12H17NO/c1-9(13)7-10-3-2-4-11(8-10)12(14)5-6-12/h2-4,8-9,14H,5-7,13H2,1H3. The van der Waals surface area contributed by atoms with Crippen molar-refractivity contribution < 1.29 is 5.11 Å². The van der Waals surface area contributed by atoms with Crippen LogP contribution in [0, 0.1) is 0 Å². The molecule has 0 spiro atoms. The van der Waals surface area contributed by atoms with Gasteiger partial charge in [0, 0.05) is 6.04 Å². The number of benzene rings is 1. The minimum atomic E-state index is -0.520. The summed E-state index contributed by atoms with van der Waals surface area (Å²) in [5.41, 5.74) is 7.49. The van der Waals surface area contributed by atoms with E-state index in [9.17, 15) is 5.11 Å². The molecule has 0 aliphatic heterocycles. The van der Waals surface area contributed by atoms with Gasteiger partial charge in [-0.15, -0.1) is 0 Å². The molecule has 2 rings (SSSR count). The molecule has 2 heteroatoms. The van der Waals surface area contributed by atoms with E-state index in [1.54, 1.807) is 0 Å². The normalized spacial score (nSPS) is 20.5. The Bertz CT molecular complexity index is 329. The Morgan fingerprint density at radius 3 is 2.79 bits per heavy atom. The highest BCUT2D eigenvalue weighted by atomic mass is 16.3. The van der Waals surface area contributed by atoms with E-state index >= 15 is 0 Å². The van der Waals surface area contributed by atoms with Gasteiger partial charge in [0.05, 0.1) is 5.60 Å². The second-order valence-electron chi connectivity index (χ2n) is 4.41. The molecular formula is C12H17NO. The van der Waals surface area contributed by atoms with Gasteiger partial charge in [0.2, 0.25) is 0 Å². The zero-order valence-electron chi connectivity index (χ0n) is 8.53. The average molecular weight is 191 g/mol. The van der Waals surface area contributed by atoms with E-state index in [-0.39, 0.29) is 6.04 Å². The largest absolute Gasteiger partial charge is 0.385 e. The van der Waals surface area contributed by atoms with Gasteiger partial charge in [-0.1, -0.05) is 24.3 Å². The summed E-state index contributed by atoms with van der Waals surface area (Å²) in [5, 5.41) is 9.93. The van der Waals surface area contributed by atoms with E-state index in [4.69, 9.17) is 5.73 Å². The van der Waals surface area contributed by atoms with E-state index in [0.29, 0.717) is 0 Å². The van der Waals surface area contributed by atoms with Crippen molar-refractivity contribution in [1.29, 1.82) is 0 Å². The Kier molecular flexibility index (Phi) is 2.33. The van der Waals surface area contributed by atoms with Crippen molar-refractivity contribution in [3.63, 3.8) is 0 Å². The van der Waals surface area contributed by atoms with E-state index in [0.717, 1.165) is 24.8 Å². The fourth-order valence-electron chi connectivity index (χ4n) is 1.77. The van der Waals surface area contributed by atoms with Crippen molar-refractivity contribution in [2.75, 3.05) is 0 Å².